The maximum atomic E-state index is 12.5. The van der Waals surface area contributed by atoms with Crippen molar-refractivity contribution in [2.45, 2.75) is 6.54 Å². The quantitative estimate of drug-likeness (QED) is 0.721. The van der Waals surface area contributed by atoms with Gasteiger partial charge in [0.05, 0.1) is 11.4 Å². The summed E-state index contributed by atoms with van der Waals surface area (Å²) in [5.41, 5.74) is 0.744. The van der Waals surface area contributed by atoms with Crippen molar-refractivity contribution in [3.63, 3.8) is 0 Å². The normalized spacial score (nSPS) is 15.4. The lowest BCUT2D eigenvalue weighted by Crippen LogP contribution is -2.48. The summed E-state index contributed by atoms with van der Waals surface area (Å²) in [6, 6.07) is 13.4. The molecule has 0 unspecified atom stereocenters. The fourth-order valence-corrected chi connectivity index (χ4v) is 3.54. The van der Waals surface area contributed by atoms with Crippen LogP contribution in [0, 0.1) is 0 Å². The molecule has 128 valence electrons. The van der Waals surface area contributed by atoms with E-state index in [-0.39, 0.29) is 5.91 Å². The summed E-state index contributed by atoms with van der Waals surface area (Å²) in [5.74, 6) is 1.35. The summed E-state index contributed by atoms with van der Waals surface area (Å²) in [6.07, 6.45) is 0. The van der Waals surface area contributed by atoms with Crippen LogP contribution < -0.4 is 0 Å². The van der Waals surface area contributed by atoms with Crippen molar-refractivity contribution in [2.75, 3.05) is 26.2 Å². The van der Waals surface area contributed by atoms with Crippen LogP contribution in [0.2, 0.25) is 0 Å². The summed E-state index contributed by atoms with van der Waals surface area (Å²) in [4.78, 5) is 22.1. The van der Waals surface area contributed by atoms with Gasteiger partial charge in [0.15, 0.2) is 0 Å². The van der Waals surface area contributed by atoms with Crippen molar-refractivity contribution < 1.29 is 9.32 Å². The molecule has 0 aliphatic carbocycles. The third kappa shape index (κ3) is 3.62. The van der Waals surface area contributed by atoms with Crippen LogP contribution in [0.1, 0.15) is 16.2 Å². The van der Waals surface area contributed by atoms with E-state index in [0.29, 0.717) is 31.3 Å². The molecule has 1 aromatic carbocycles. The van der Waals surface area contributed by atoms with Gasteiger partial charge in [-0.25, -0.2) is 0 Å². The van der Waals surface area contributed by atoms with E-state index < -0.39 is 0 Å². The molecule has 1 saturated heterocycles. The molecule has 0 N–H and O–H groups in total. The van der Waals surface area contributed by atoms with E-state index in [9.17, 15) is 4.79 Å². The van der Waals surface area contributed by atoms with Crippen LogP contribution in [0.25, 0.3) is 10.7 Å². The molecular formula is C18H18N4O2S. The molecule has 1 aliphatic rings. The van der Waals surface area contributed by atoms with Gasteiger partial charge >= 0.3 is 0 Å². The molecule has 1 amide bonds. The number of carbonyl (C=O) groups is 1. The summed E-state index contributed by atoms with van der Waals surface area (Å²) < 4.78 is 5.36. The number of aromatic nitrogens is 2. The van der Waals surface area contributed by atoms with Crippen molar-refractivity contribution in [3.8, 4) is 10.7 Å². The Hall–Kier alpha value is -2.51. The van der Waals surface area contributed by atoms with Gasteiger partial charge in [0.1, 0.15) is 0 Å². The van der Waals surface area contributed by atoms with E-state index in [1.807, 2.05) is 52.7 Å². The van der Waals surface area contributed by atoms with Gasteiger partial charge in [0, 0.05) is 31.7 Å². The molecular weight excluding hydrogens is 336 g/mol. The number of benzene rings is 1. The molecule has 6 nitrogen and oxygen atoms in total. The largest absolute Gasteiger partial charge is 0.338 e. The number of hydrogen-bond donors (Lipinski definition) is 0. The van der Waals surface area contributed by atoms with Gasteiger partial charge in [-0.1, -0.05) is 29.4 Å². The second-order valence-electron chi connectivity index (χ2n) is 5.92. The Balaban J connectivity index is 1.33. The molecule has 3 heterocycles. The highest BCUT2D eigenvalue weighted by molar-refractivity contribution is 7.13. The van der Waals surface area contributed by atoms with Gasteiger partial charge in [0.2, 0.25) is 11.7 Å². The van der Waals surface area contributed by atoms with Gasteiger partial charge in [0.25, 0.3) is 5.91 Å². The molecule has 1 fully saturated rings. The zero-order chi connectivity index (χ0) is 17.1. The molecule has 25 heavy (non-hydrogen) atoms. The highest BCUT2D eigenvalue weighted by Gasteiger charge is 2.23. The van der Waals surface area contributed by atoms with Crippen LogP contribution in [-0.4, -0.2) is 52.0 Å². The molecule has 0 bridgehead atoms. The minimum atomic E-state index is 0.0954. The van der Waals surface area contributed by atoms with Gasteiger partial charge in [-0.3, -0.25) is 9.69 Å². The second-order valence-corrected chi connectivity index (χ2v) is 6.87. The minimum Gasteiger partial charge on any atom is -0.338 e. The van der Waals surface area contributed by atoms with Crippen molar-refractivity contribution in [3.05, 3.63) is 59.3 Å². The van der Waals surface area contributed by atoms with Crippen LogP contribution >= 0.6 is 11.3 Å². The first-order chi connectivity index (χ1) is 12.3. The van der Waals surface area contributed by atoms with Gasteiger partial charge in [-0.2, -0.15) is 4.98 Å². The Morgan fingerprint density at radius 2 is 1.88 bits per heavy atom. The van der Waals surface area contributed by atoms with Crippen molar-refractivity contribution in [1.29, 1.82) is 0 Å². The third-order valence-corrected chi connectivity index (χ3v) is 5.11. The number of carbonyl (C=O) groups excluding carboxylic acids is 1. The van der Waals surface area contributed by atoms with E-state index in [0.717, 1.165) is 23.5 Å². The Morgan fingerprint density at radius 3 is 2.60 bits per heavy atom. The Kier molecular flexibility index (Phi) is 4.58. The van der Waals surface area contributed by atoms with Crippen molar-refractivity contribution in [2.24, 2.45) is 0 Å². The molecule has 4 rings (SSSR count). The fraction of sp³-hybridized carbons (Fsp3) is 0.278. The van der Waals surface area contributed by atoms with Crippen LogP contribution in [0.3, 0.4) is 0 Å². The smallest absolute Gasteiger partial charge is 0.253 e. The van der Waals surface area contributed by atoms with Crippen molar-refractivity contribution >= 4 is 17.2 Å². The topological polar surface area (TPSA) is 62.5 Å². The first-order valence-electron chi connectivity index (χ1n) is 8.23. The Bertz CT molecular complexity index is 824. The molecule has 0 radical (unpaired) electrons. The maximum Gasteiger partial charge on any atom is 0.253 e. The molecule has 0 spiro atoms. The van der Waals surface area contributed by atoms with Gasteiger partial charge in [-0.05, 0) is 23.6 Å². The maximum absolute atomic E-state index is 12.5. The average molecular weight is 354 g/mol. The third-order valence-electron chi connectivity index (χ3n) is 4.25. The molecule has 3 aromatic rings. The summed E-state index contributed by atoms with van der Waals surface area (Å²) in [5, 5.41) is 6.03. The zero-order valence-electron chi connectivity index (χ0n) is 13.7. The molecule has 2 aromatic heterocycles. The first kappa shape index (κ1) is 16.0. The monoisotopic (exact) mass is 354 g/mol. The Morgan fingerprint density at radius 1 is 1.08 bits per heavy atom. The van der Waals surface area contributed by atoms with Gasteiger partial charge in [-0.15, -0.1) is 11.3 Å². The molecule has 1 aliphatic heterocycles. The number of piperazine rings is 1. The summed E-state index contributed by atoms with van der Waals surface area (Å²) in [7, 11) is 0. The summed E-state index contributed by atoms with van der Waals surface area (Å²) in [6.45, 7) is 3.63. The predicted octanol–water partition coefficient (Wildman–Crippen LogP) is 2.76. The van der Waals surface area contributed by atoms with Crippen molar-refractivity contribution in [1.82, 2.24) is 19.9 Å². The Labute approximate surface area is 149 Å². The second kappa shape index (κ2) is 7.16. The van der Waals surface area contributed by atoms with Crippen LogP contribution in [0.15, 0.2) is 52.4 Å². The number of nitrogens with zero attached hydrogens (tertiary/aromatic N) is 4. The van der Waals surface area contributed by atoms with E-state index in [4.69, 9.17) is 4.52 Å². The van der Waals surface area contributed by atoms with E-state index in [2.05, 4.69) is 15.0 Å². The number of thiophene rings is 1. The molecule has 0 saturated carbocycles. The van der Waals surface area contributed by atoms with Crippen LogP contribution in [0.4, 0.5) is 0 Å². The standard InChI is InChI=1S/C18H18N4O2S/c23-18(14-5-2-1-3-6-14)22-10-8-21(9-11-22)13-16-19-17(20-24-16)15-7-4-12-25-15/h1-7,12H,8-11,13H2. The predicted molar refractivity (Wildman–Crippen MR) is 95.2 cm³/mol. The average Bonchev–Trinajstić information content (AvgIpc) is 3.34. The lowest BCUT2D eigenvalue weighted by atomic mass is 10.2. The van der Waals surface area contributed by atoms with E-state index in [1.165, 1.54) is 0 Å². The summed E-state index contributed by atoms with van der Waals surface area (Å²) >= 11 is 1.59. The van der Waals surface area contributed by atoms with E-state index >= 15 is 0 Å². The lowest BCUT2D eigenvalue weighted by Gasteiger charge is -2.34. The zero-order valence-corrected chi connectivity index (χ0v) is 14.5. The molecule has 7 heteroatoms. The number of hydrogen-bond acceptors (Lipinski definition) is 6. The first-order valence-corrected chi connectivity index (χ1v) is 9.11. The molecule has 0 atom stereocenters. The van der Waals surface area contributed by atoms with Gasteiger partial charge < -0.3 is 9.42 Å². The fourth-order valence-electron chi connectivity index (χ4n) is 2.89. The minimum absolute atomic E-state index is 0.0954. The van der Waals surface area contributed by atoms with Crippen LogP contribution in [-0.2, 0) is 6.54 Å². The number of amides is 1. The number of rotatable bonds is 4. The van der Waals surface area contributed by atoms with E-state index in [1.54, 1.807) is 11.3 Å². The highest BCUT2D eigenvalue weighted by atomic mass is 32.1. The lowest BCUT2D eigenvalue weighted by molar-refractivity contribution is 0.0615. The highest BCUT2D eigenvalue weighted by Crippen LogP contribution is 2.21. The SMILES string of the molecule is O=C(c1ccccc1)N1CCN(Cc2nc(-c3cccs3)no2)CC1. The van der Waals surface area contributed by atoms with Crippen LogP contribution in [0.5, 0.6) is 0 Å².